The molecule has 0 spiro atoms. The molecule has 3 heterocycles. The molecule has 17 heteroatoms. The van der Waals surface area contributed by atoms with Crippen molar-refractivity contribution < 1.29 is 66.4 Å². The fourth-order valence-corrected chi connectivity index (χ4v) is 13.5. The molecule has 0 amide bonds. The Labute approximate surface area is 607 Å². The second-order valence-corrected chi connectivity index (χ2v) is 26.8. The van der Waals surface area contributed by atoms with Gasteiger partial charge in [-0.2, -0.15) is 0 Å². The van der Waals surface area contributed by atoms with E-state index in [1.54, 1.807) is 24.3 Å². The number of benzene rings is 8. The van der Waals surface area contributed by atoms with Gasteiger partial charge in [0.2, 0.25) is 0 Å². The van der Waals surface area contributed by atoms with Crippen LogP contribution in [0.4, 0.5) is 0 Å². The maximum absolute atomic E-state index is 14.1. The molecule has 103 heavy (non-hydrogen) atoms. The van der Waals surface area contributed by atoms with E-state index in [-0.39, 0.29) is 52.9 Å². The number of carbonyl (C=O) groups excluding carboxylic acids is 1. The van der Waals surface area contributed by atoms with E-state index < -0.39 is 91.9 Å². The van der Waals surface area contributed by atoms with Gasteiger partial charge in [-0.3, -0.25) is 0 Å². The lowest BCUT2D eigenvalue weighted by Gasteiger charge is -2.51. The number of hydrogen-bond acceptors (Lipinski definition) is 15. The smallest absolute Gasteiger partial charge is 0.338 e. The van der Waals surface area contributed by atoms with Crippen LogP contribution in [0, 0.1) is 0 Å². The zero-order valence-electron chi connectivity index (χ0n) is 59.3. The molecular formula is C86H101N3O14. The molecule has 0 aromatic heterocycles. The molecule has 14 atom stereocenters. The SMILES string of the molecule is CCCCCCCCCCCCCC[C@@H](OCc1ccccc1)[C@@H](OCc1ccccc1)[C@H](CO[C@H]1O[C@@H]2COC(c3ccccc3)O[C@@H]2[C@H](OCc2ccccc2)[C@H]1O[C@H]1O[C@H](COC(=O)c2ccccc2)[C@H](OCc2ccccc2)[C@H](OCc2ccccc2)[C@H]1OCc1ccccc1)N=[N+]=[N-]. The van der Waals surface area contributed by atoms with Gasteiger partial charge in [-0.05, 0) is 57.5 Å². The highest BCUT2D eigenvalue weighted by atomic mass is 16.8. The summed E-state index contributed by atoms with van der Waals surface area (Å²) in [6.07, 6.45) is 2.19. The zero-order valence-corrected chi connectivity index (χ0v) is 59.3. The zero-order chi connectivity index (χ0) is 70.7. The summed E-state index contributed by atoms with van der Waals surface area (Å²) in [7, 11) is 0. The van der Waals surface area contributed by atoms with E-state index in [2.05, 4.69) is 16.9 Å². The summed E-state index contributed by atoms with van der Waals surface area (Å²) in [5.74, 6) is -0.561. The minimum absolute atomic E-state index is 0.0759. The molecule has 3 fully saturated rings. The molecule has 3 aliphatic heterocycles. The minimum atomic E-state index is -1.37. The van der Waals surface area contributed by atoms with Gasteiger partial charge in [-0.25, -0.2) is 4.79 Å². The number of ether oxygens (including phenoxy) is 13. The van der Waals surface area contributed by atoms with E-state index in [1.165, 1.54) is 51.4 Å². The Balaban J connectivity index is 0.967. The number of carbonyl (C=O) groups is 1. The van der Waals surface area contributed by atoms with Crippen LogP contribution < -0.4 is 0 Å². The van der Waals surface area contributed by atoms with Gasteiger partial charge in [0.25, 0.3) is 0 Å². The Kier molecular flexibility index (Phi) is 31.6. The predicted octanol–water partition coefficient (Wildman–Crippen LogP) is 18.1. The summed E-state index contributed by atoms with van der Waals surface area (Å²) >= 11 is 0. The van der Waals surface area contributed by atoms with Crippen LogP contribution in [0.3, 0.4) is 0 Å². The van der Waals surface area contributed by atoms with Crippen molar-refractivity contribution in [2.24, 2.45) is 5.11 Å². The second-order valence-electron chi connectivity index (χ2n) is 26.8. The van der Waals surface area contributed by atoms with Crippen molar-refractivity contribution in [3.8, 4) is 0 Å². The Hall–Kier alpha value is -7.94. The first kappa shape index (κ1) is 76.2. The van der Waals surface area contributed by atoms with Gasteiger partial charge < -0.3 is 61.6 Å². The number of rotatable bonds is 43. The lowest BCUT2D eigenvalue weighted by Crippen LogP contribution is -2.67. The quantitative estimate of drug-likeness (QED) is 0.0115. The number of azide groups is 1. The van der Waals surface area contributed by atoms with Crippen LogP contribution in [0.2, 0.25) is 0 Å². The van der Waals surface area contributed by atoms with E-state index in [1.807, 2.05) is 218 Å². The predicted molar refractivity (Wildman–Crippen MR) is 394 cm³/mol. The summed E-state index contributed by atoms with van der Waals surface area (Å²) in [6.45, 7) is 2.81. The molecule has 0 bridgehead atoms. The lowest BCUT2D eigenvalue weighted by molar-refractivity contribution is -0.402. The maximum atomic E-state index is 14.1. The van der Waals surface area contributed by atoms with Crippen molar-refractivity contribution in [1.29, 1.82) is 0 Å². The van der Waals surface area contributed by atoms with Crippen LogP contribution in [-0.2, 0) is 101 Å². The summed E-state index contributed by atoms with van der Waals surface area (Å²) in [5.41, 5.74) is 17.4. The van der Waals surface area contributed by atoms with Gasteiger partial charge in [-0.15, -0.1) is 0 Å². The molecule has 8 aromatic rings. The molecule has 11 rings (SSSR count). The summed E-state index contributed by atoms with van der Waals surface area (Å²) in [5, 5.41) is 4.56. The van der Waals surface area contributed by atoms with Gasteiger partial charge >= 0.3 is 5.97 Å². The van der Waals surface area contributed by atoms with Crippen molar-refractivity contribution in [1.82, 2.24) is 0 Å². The van der Waals surface area contributed by atoms with Crippen LogP contribution in [0.15, 0.2) is 248 Å². The molecule has 0 aliphatic carbocycles. The van der Waals surface area contributed by atoms with Crippen molar-refractivity contribution in [2.75, 3.05) is 19.8 Å². The Morgan fingerprint density at radius 3 is 1.40 bits per heavy atom. The molecule has 8 aromatic carbocycles. The fraction of sp³-hybridized carbons (Fsp3) is 0.430. The fourth-order valence-electron chi connectivity index (χ4n) is 13.5. The van der Waals surface area contributed by atoms with Gasteiger partial charge in [0.05, 0.1) is 76.7 Å². The van der Waals surface area contributed by atoms with E-state index in [0.717, 1.165) is 64.6 Å². The lowest BCUT2D eigenvalue weighted by atomic mass is 9.95. The molecule has 3 saturated heterocycles. The average molecular weight is 1400 g/mol. The van der Waals surface area contributed by atoms with Crippen LogP contribution >= 0.6 is 0 Å². The number of esters is 1. The van der Waals surface area contributed by atoms with Crippen LogP contribution in [0.1, 0.15) is 146 Å². The number of fused-ring (bicyclic) bond motifs is 1. The van der Waals surface area contributed by atoms with E-state index >= 15 is 0 Å². The second kappa shape index (κ2) is 42.7. The molecule has 1 unspecified atom stereocenters. The average Bonchev–Trinajstić information content (AvgIpc) is 0.761. The summed E-state index contributed by atoms with van der Waals surface area (Å²) in [6, 6.07) is 77.0. The number of nitrogens with zero attached hydrogens (tertiary/aromatic N) is 3. The highest BCUT2D eigenvalue weighted by Gasteiger charge is 2.56. The van der Waals surface area contributed by atoms with Crippen molar-refractivity contribution in [3.63, 3.8) is 0 Å². The third kappa shape index (κ3) is 24.1. The van der Waals surface area contributed by atoms with Gasteiger partial charge in [0, 0.05) is 10.5 Å². The first-order chi connectivity index (χ1) is 51.0. The molecule has 3 aliphatic rings. The van der Waals surface area contributed by atoms with Crippen LogP contribution in [0.25, 0.3) is 10.4 Å². The molecule has 0 N–H and O–H groups in total. The Bertz CT molecular complexity index is 3650. The van der Waals surface area contributed by atoms with Crippen LogP contribution in [-0.4, -0.2) is 105 Å². The van der Waals surface area contributed by atoms with Crippen molar-refractivity contribution in [3.05, 3.63) is 298 Å². The summed E-state index contributed by atoms with van der Waals surface area (Å²) < 4.78 is 92.2. The molecule has 17 nitrogen and oxygen atoms in total. The highest BCUT2D eigenvalue weighted by molar-refractivity contribution is 5.89. The first-order valence-corrected chi connectivity index (χ1v) is 37.1. The molecule has 0 saturated carbocycles. The van der Waals surface area contributed by atoms with Gasteiger partial charge in [-0.1, -0.05) is 320 Å². The molecular weight excluding hydrogens is 1300 g/mol. The largest absolute Gasteiger partial charge is 0.459 e. The molecule has 544 valence electrons. The Morgan fingerprint density at radius 2 is 0.893 bits per heavy atom. The van der Waals surface area contributed by atoms with Gasteiger partial charge in [0.1, 0.15) is 55.4 Å². The minimum Gasteiger partial charge on any atom is -0.459 e. The molecule has 0 radical (unpaired) electrons. The normalized spacial score (nSPS) is 22.6. The Morgan fingerprint density at radius 1 is 0.456 bits per heavy atom. The van der Waals surface area contributed by atoms with E-state index in [0.29, 0.717) is 18.6 Å². The highest BCUT2D eigenvalue weighted by Crippen LogP contribution is 2.41. The maximum Gasteiger partial charge on any atom is 0.338 e. The van der Waals surface area contributed by atoms with E-state index in [9.17, 15) is 10.3 Å². The van der Waals surface area contributed by atoms with Crippen LogP contribution in [0.5, 0.6) is 0 Å². The van der Waals surface area contributed by atoms with Gasteiger partial charge in [0.15, 0.2) is 18.9 Å². The third-order valence-electron chi connectivity index (χ3n) is 19.1. The summed E-state index contributed by atoms with van der Waals surface area (Å²) in [4.78, 5) is 17.6. The monoisotopic (exact) mass is 1400 g/mol. The number of unbranched alkanes of at least 4 members (excludes halogenated alkanes) is 11. The van der Waals surface area contributed by atoms with E-state index in [4.69, 9.17) is 61.6 Å². The topological polar surface area (TPSA) is 186 Å². The van der Waals surface area contributed by atoms with Crippen molar-refractivity contribution in [2.45, 2.75) is 216 Å². The number of hydrogen-bond donors (Lipinski definition) is 0. The third-order valence-corrected chi connectivity index (χ3v) is 19.1. The van der Waals surface area contributed by atoms with Crippen molar-refractivity contribution >= 4 is 5.97 Å². The standard InChI is InChI=1S/C86H101N3O14/c1-2-3-4-5-6-7-8-9-10-11-12-37-54-73(91-55-64-38-21-13-22-39-64)76(92-56-65-40-23-14-24-41-65)72(88-89-87)61-98-85-82(80(95-59-68-46-29-17-30-47-68)78-75(100-85)63-99-84(102-78)71-52-35-20-36-53-71)103-86-81(96-60-69-48-31-18-32-49-69)79(94-58-67-44-27-16-28-45-67)77(93-57-66-42-25-15-26-43-66)74(101-86)62-97-83(90)70-50-33-19-34-51-70/h13-36,38-53,72-82,84-86H,2-12,37,54-63H2,1H3/t72-,73+,74+,75+,76-,77-,78-,79-,80-,81+,82+,84?,85-,86+/m0/s1. The first-order valence-electron chi connectivity index (χ1n) is 37.1.